The molecule has 1 rings (SSSR count). The number of aliphatic carboxylic acids is 1. The molecule has 0 atom stereocenters. The highest BCUT2D eigenvalue weighted by Crippen LogP contribution is 2.15. The molecule has 0 N–H and O–H groups in total. The Morgan fingerprint density at radius 2 is 1.52 bits per heavy atom. The molecule has 27 heavy (non-hydrogen) atoms. The van der Waals surface area contributed by atoms with Gasteiger partial charge in [-0.1, -0.05) is 69.7 Å². The van der Waals surface area contributed by atoms with E-state index < -0.39 is 30.9 Å². The van der Waals surface area contributed by atoms with Gasteiger partial charge in [0.2, 0.25) is 0 Å². The molecule has 0 saturated carbocycles. The summed E-state index contributed by atoms with van der Waals surface area (Å²) in [5.74, 6) is -2.32. The van der Waals surface area contributed by atoms with Crippen LogP contribution in [0.5, 0.6) is 0 Å². The maximum atomic E-state index is 11.5. The number of ether oxygens (including phenoxy) is 2. The number of carbonyl (C=O) groups excluding carboxylic acids is 3. The second-order valence-corrected chi connectivity index (χ2v) is 6.52. The van der Waals surface area contributed by atoms with Crippen molar-refractivity contribution in [3.8, 4) is 0 Å². The number of esters is 1. The summed E-state index contributed by atoms with van der Waals surface area (Å²) in [7, 11) is 0. The van der Waals surface area contributed by atoms with Gasteiger partial charge >= 0.3 is 12.1 Å². The summed E-state index contributed by atoms with van der Waals surface area (Å²) in [6.07, 6.45) is 7.48. The minimum Gasteiger partial charge on any atom is -0.550 e. The van der Waals surface area contributed by atoms with Crippen molar-refractivity contribution in [2.75, 3.05) is 0 Å². The van der Waals surface area contributed by atoms with Gasteiger partial charge < -0.3 is 19.4 Å². The zero-order valence-electron chi connectivity index (χ0n) is 16.0. The van der Waals surface area contributed by atoms with Gasteiger partial charge in [-0.3, -0.25) is 4.79 Å². The van der Waals surface area contributed by atoms with Gasteiger partial charge in [-0.2, -0.15) is 0 Å². The molecule has 0 saturated heterocycles. The van der Waals surface area contributed by atoms with E-state index >= 15 is 0 Å². The van der Waals surface area contributed by atoms with E-state index in [-0.39, 0.29) is 6.61 Å². The van der Waals surface area contributed by atoms with Gasteiger partial charge in [0.05, 0.1) is 6.42 Å². The zero-order valence-corrected chi connectivity index (χ0v) is 16.0. The van der Waals surface area contributed by atoms with Gasteiger partial charge in [-0.25, -0.2) is 4.79 Å². The van der Waals surface area contributed by atoms with E-state index in [9.17, 15) is 19.5 Å². The van der Waals surface area contributed by atoms with Crippen LogP contribution < -0.4 is 5.11 Å². The Bertz CT molecular complexity index is 596. The van der Waals surface area contributed by atoms with Crippen LogP contribution in [0, 0.1) is 0 Å². The fraction of sp³-hybridized carbons (Fsp3) is 0.571. The fourth-order valence-electron chi connectivity index (χ4n) is 2.73. The second-order valence-electron chi connectivity index (χ2n) is 6.52. The molecule has 0 fully saturated rings. The number of rotatable bonds is 13. The van der Waals surface area contributed by atoms with Gasteiger partial charge in [0.15, 0.2) is 0 Å². The Kier molecular flexibility index (Phi) is 11.6. The number of hydrogen-bond donors (Lipinski definition) is 0. The molecular weight excluding hydrogens is 348 g/mol. The average Bonchev–Trinajstić information content (AvgIpc) is 2.64. The third kappa shape index (κ3) is 11.1. The van der Waals surface area contributed by atoms with Crippen LogP contribution in [-0.4, -0.2) is 18.1 Å². The summed E-state index contributed by atoms with van der Waals surface area (Å²) in [5.41, 5.74) is 1.99. The first kappa shape index (κ1) is 22.7. The molecule has 0 aliphatic carbocycles. The van der Waals surface area contributed by atoms with Gasteiger partial charge in [-0.05, 0) is 30.4 Å². The van der Waals surface area contributed by atoms with E-state index in [4.69, 9.17) is 4.74 Å². The van der Waals surface area contributed by atoms with Crippen molar-refractivity contribution in [1.29, 1.82) is 0 Å². The maximum absolute atomic E-state index is 11.5. The molecule has 0 spiro atoms. The minimum absolute atomic E-state index is 0.0132. The normalized spacial score (nSPS) is 10.4. The average molecular weight is 377 g/mol. The van der Waals surface area contributed by atoms with Crippen molar-refractivity contribution >= 4 is 18.1 Å². The third-order valence-electron chi connectivity index (χ3n) is 4.24. The van der Waals surface area contributed by atoms with Crippen molar-refractivity contribution in [2.24, 2.45) is 0 Å². The van der Waals surface area contributed by atoms with E-state index in [1.807, 2.05) is 24.3 Å². The molecule has 0 heterocycles. The van der Waals surface area contributed by atoms with Crippen LogP contribution in [0.4, 0.5) is 4.79 Å². The Morgan fingerprint density at radius 1 is 0.889 bits per heavy atom. The highest BCUT2D eigenvalue weighted by atomic mass is 16.7. The highest BCUT2D eigenvalue weighted by molar-refractivity contribution is 5.83. The van der Waals surface area contributed by atoms with Crippen LogP contribution in [0.2, 0.25) is 0 Å². The molecule has 0 amide bonds. The van der Waals surface area contributed by atoms with E-state index in [1.54, 1.807) is 0 Å². The number of hydrogen-bond acceptors (Lipinski definition) is 6. The fourth-order valence-corrected chi connectivity index (χ4v) is 2.73. The molecule has 0 radical (unpaired) electrons. The lowest BCUT2D eigenvalue weighted by Gasteiger charge is -2.10. The molecule has 6 heteroatoms. The zero-order chi connectivity index (χ0) is 19.9. The topological polar surface area (TPSA) is 92.7 Å². The molecule has 0 aliphatic rings. The van der Waals surface area contributed by atoms with Gasteiger partial charge in [0, 0.05) is 5.97 Å². The first-order chi connectivity index (χ1) is 13.0. The number of carbonyl (C=O) groups is 3. The highest BCUT2D eigenvalue weighted by Gasteiger charge is 2.13. The molecular formula is C21H29O6-. The Balaban J connectivity index is 2.33. The van der Waals surface area contributed by atoms with Gasteiger partial charge in [-0.15, -0.1) is 0 Å². The predicted molar refractivity (Wildman–Crippen MR) is 98.7 cm³/mol. The number of carboxylic acid groups (broad SMARTS) is 1. The molecule has 0 aromatic heterocycles. The number of carboxylic acids is 1. The van der Waals surface area contributed by atoms with Gasteiger partial charge in [0.25, 0.3) is 0 Å². The number of aryl methyl sites for hydroxylation is 1. The van der Waals surface area contributed by atoms with Crippen molar-refractivity contribution < 1.29 is 29.0 Å². The van der Waals surface area contributed by atoms with Crippen LogP contribution in [0.1, 0.15) is 75.8 Å². The third-order valence-corrected chi connectivity index (χ3v) is 4.24. The van der Waals surface area contributed by atoms with Crippen molar-refractivity contribution in [1.82, 2.24) is 0 Å². The van der Waals surface area contributed by atoms with Crippen molar-refractivity contribution in [2.45, 2.75) is 77.7 Å². The van der Waals surface area contributed by atoms with Crippen LogP contribution in [0.15, 0.2) is 24.3 Å². The minimum atomic E-state index is -1.38. The Labute approximate surface area is 160 Å². The summed E-state index contributed by atoms with van der Waals surface area (Å²) < 4.78 is 9.39. The number of unbranched alkanes of at least 4 members (excludes halogenated alkanes) is 6. The SMILES string of the molecule is CCCCCCCCCc1ccccc1COC(=O)OC(=O)CCC(=O)[O-]. The van der Waals surface area contributed by atoms with E-state index in [1.165, 1.54) is 38.5 Å². The summed E-state index contributed by atoms with van der Waals surface area (Å²) >= 11 is 0. The Hall–Kier alpha value is -2.37. The van der Waals surface area contributed by atoms with Gasteiger partial charge in [0.1, 0.15) is 6.61 Å². The predicted octanol–water partition coefficient (Wildman–Crippen LogP) is 3.69. The number of benzene rings is 1. The van der Waals surface area contributed by atoms with Crippen LogP contribution in [0.25, 0.3) is 0 Å². The lowest BCUT2D eigenvalue weighted by atomic mass is 10.0. The second kappa shape index (κ2) is 13.8. The standard InChI is InChI=1S/C21H30O6/c1-2-3-4-5-6-7-8-11-17-12-9-10-13-18(17)16-26-21(25)27-20(24)15-14-19(22)23/h9-10,12-13H,2-8,11,14-16H2,1H3,(H,22,23)/p-1. The van der Waals surface area contributed by atoms with E-state index in [0.29, 0.717) is 0 Å². The summed E-state index contributed by atoms with van der Waals surface area (Å²) in [6, 6.07) is 7.69. The first-order valence-electron chi connectivity index (χ1n) is 9.67. The van der Waals surface area contributed by atoms with E-state index in [2.05, 4.69) is 11.7 Å². The van der Waals surface area contributed by atoms with Crippen LogP contribution >= 0.6 is 0 Å². The maximum Gasteiger partial charge on any atom is 0.516 e. The van der Waals surface area contributed by atoms with Crippen LogP contribution in [-0.2, 0) is 32.1 Å². The summed E-state index contributed by atoms with van der Waals surface area (Å²) in [5, 5.41) is 10.3. The van der Waals surface area contributed by atoms with Crippen molar-refractivity contribution in [3.05, 3.63) is 35.4 Å². The lowest BCUT2D eigenvalue weighted by molar-refractivity contribution is -0.305. The molecule has 150 valence electrons. The lowest BCUT2D eigenvalue weighted by Crippen LogP contribution is -2.24. The largest absolute Gasteiger partial charge is 0.550 e. The van der Waals surface area contributed by atoms with Crippen molar-refractivity contribution in [3.63, 3.8) is 0 Å². The quantitative estimate of drug-likeness (QED) is 0.296. The molecule has 1 aromatic rings. The smallest absolute Gasteiger partial charge is 0.516 e. The molecule has 0 bridgehead atoms. The molecule has 0 unspecified atom stereocenters. The molecule has 6 nitrogen and oxygen atoms in total. The molecule has 1 aromatic carbocycles. The Morgan fingerprint density at radius 3 is 2.19 bits per heavy atom. The summed E-state index contributed by atoms with van der Waals surface area (Å²) in [6.45, 7) is 2.22. The van der Waals surface area contributed by atoms with Crippen LogP contribution in [0.3, 0.4) is 0 Å². The van der Waals surface area contributed by atoms with E-state index in [0.717, 1.165) is 24.0 Å². The summed E-state index contributed by atoms with van der Waals surface area (Å²) in [4.78, 5) is 33.1. The first-order valence-corrected chi connectivity index (χ1v) is 9.67. The molecule has 0 aliphatic heterocycles. The monoisotopic (exact) mass is 377 g/mol.